The summed E-state index contributed by atoms with van der Waals surface area (Å²) in [4.78, 5) is 15.8. The maximum atomic E-state index is 13.6. The molecule has 0 unspecified atom stereocenters. The number of rotatable bonds is 6. The summed E-state index contributed by atoms with van der Waals surface area (Å²) in [6.45, 7) is 3.03. The van der Waals surface area contributed by atoms with Crippen LogP contribution >= 0.6 is 24.0 Å². The van der Waals surface area contributed by atoms with E-state index in [1.165, 1.54) is 0 Å². The van der Waals surface area contributed by atoms with Gasteiger partial charge >= 0.3 is 0 Å². The first-order valence-electron chi connectivity index (χ1n) is 8.29. The smallest absolute Gasteiger partial charge is 0.251 e. The summed E-state index contributed by atoms with van der Waals surface area (Å²) in [6, 6.07) is 10.5. The Bertz CT molecular complexity index is 782. The van der Waals surface area contributed by atoms with Gasteiger partial charge in [0.2, 0.25) is 0 Å². The standard InChI is InChI=1S/C19H22F2N4O.HI/c1-3-23-18(26)14-6-4-13(5-7-14)11-24-19(22-2)25-12-15-10-16(20)8-9-17(15)21;/h4-10H,3,11-12H2,1-2H3,(H,23,26)(H2,22,24,25);1H. The zero-order valence-corrected chi connectivity index (χ0v) is 17.5. The summed E-state index contributed by atoms with van der Waals surface area (Å²) < 4.78 is 26.8. The van der Waals surface area contributed by atoms with Gasteiger partial charge in [-0.3, -0.25) is 9.79 Å². The van der Waals surface area contributed by atoms with Crippen LogP contribution in [0.1, 0.15) is 28.4 Å². The van der Waals surface area contributed by atoms with E-state index in [0.29, 0.717) is 24.6 Å². The van der Waals surface area contributed by atoms with Gasteiger partial charge in [0, 0.05) is 37.8 Å². The van der Waals surface area contributed by atoms with Crippen molar-refractivity contribution in [3.8, 4) is 0 Å². The van der Waals surface area contributed by atoms with Crippen LogP contribution in [-0.2, 0) is 13.1 Å². The molecule has 0 bridgehead atoms. The number of aliphatic imine (C=N–C) groups is 1. The Morgan fingerprint density at radius 2 is 1.67 bits per heavy atom. The monoisotopic (exact) mass is 488 g/mol. The molecule has 0 saturated carbocycles. The molecule has 2 aromatic carbocycles. The Labute approximate surface area is 174 Å². The van der Waals surface area contributed by atoms with E-state index < -0.39 is 11.6 Å². The zero-order chi connectivity index (χ0) is 18.9. The quantitative estimate of drug-likeness (QED) is 0.333. The van der Waals surface area contributed by atoms with Crippen LogP contribution in [0.3, 0.4) is 0 Å². The second-order valence-electron chi connectivity index (χ2n) is 5.57. The molecule has 0 atom stereocenters. The van der Waals surface area contributed by atoms with E-state index in [9.17, 15) is 13.6 Å². The van der Waals surface area contributed by atoms with Crippen molar-refractivity contribution < 1.29 is 13.6 Å². The van der Waals surface area contributed by atoms with E-state index in [-0.39, 0.29) is 42.0 Å². The van der Waals surface area contributed by atoms with Gasteiger partial charge in [-0.2, -0.15) is 0 Å². The van der Waals surface area contributed by atoms with Crippen molar-refractivity contribution in [2.75, 3.05) is 13.6 Å². The van der Waals surface area contributed by atoms with Crippen LogP contribution < -0.4 is 16.0 Å². The number of hydrogen-bond donors (Lipinski definition) is 3. The molecule has 0 aliphatic heterocycles. The van der Waals surface area contributed by atoms with Gasteiger partial charge in [0.25, 0.3) is 5.91 Å². The Hall–Kier alpha value is -2.23. The van der Waals surface area contributed by atoms with Crippen molar-refractivity contribution in [2.24, 2.45) is 4.99 Å². The van der Waals surface area contributed by atoms with E-state index in [4.69, 9.17) is 0 Å². The van der Waals surface area contributed by atoms with Crippen molar-refractivity contribution in [3.63, 3.8) is 0 Å². The van der Waals surface area contributed by atoms with Crippen LogP contribution in [0.4, 0.5) is 8.78 Å². The van der Waals surface area contributed by atoms with Gasteiger partial charge in [-0.15, -0.1) is 24.0 Å². The van der Waals surface area contributed by atoms with Crippen LogP contribution in [0.25, 0.3) is 0 Å². The first kappa shape index (κ1) is 22.8. The molecule has 0 radical (unpaired) electrons. The van der Waals surface area contributed by atoms with E-state index in [0.717, 1.165) is 23.8 Å². The molecule has 146 valence electrons. The Morgan fingerprint density at radius 3 is 2.30 bits per heavy atom. The summed E-state index contributed by atoms with van der Waals surface area (Å²) in [5.74, 6) is -0.614. The van der Waals surface area contributed by atoms with Gasteiger partial charge in [-0.05, 0) is 42.8 Å². The third kappa shape index (κ3) is 7.12. The molecule has 0 aromatic heterocycles. The normalized spacial score (nSPS) is 10.7. The number of amides is 1. The van der Waals surface area contributed by atoms with Gasteiger partial charge in [0.15, 0.2) is 5.96 Å². The summed E-state index contributed by atoms with van der Waals surface area (Å²) in [5.41, 5.74) is 1.77. The molecule has 27 heavy (non-hydrogen) atoms. The minimum Gasteiger partial charge on any atom is -0.352 e. The second kappa shape index (κ2) is 11.5. The fourth-order valence-corrected chi connectivity index (χ4v) is 2.30. The highest BCUT2D eigenvalue weighted by Gasteiger charge is 2.06. The lowest BCUT2D eigenvalue weighted by atomic mass is 10.1. The van der Waals surface area contributed by atoms with Crippen LogP contribution in [0, 0.1) is 11.6 Å². The maximum absolute atomic E-state index is 13.6. The number of benzene rings is 2. The molecule has 0 fully saturated rings. The molecule has 5 nitrogen and oxygen atoms in total. The topological polar surface area (TPSA) is 65.5 Å². The molecular formula is C19H23F2IN4O. The molecule has 0 aliphatic rings. The predicted molar refractivity (Wildman–Crippen MR) is 113 cm³/mol. The van der Waals surface area contributed by atoms with Crippen molar-refractivity contribution in [3.05, 3.63) is 70.8 Å². The maximum Gasteiger partial charge on any atom is 0.251 e. The van der Waals surface area contributed by atoms with Gasteiger partial charge < -0.3 is 16.0 Å². The number of carbonyl (C=O) groups excluding carboxylic acids is 1. The molecule has 8 heteroatoms. The Morgan fingerprint density at radius 1 is 1.00 bits per heavy atom. The molecular weight excluding hydrogens is 465 g/mol. The second-order valence-corrected chi connectivity index (χ2v) is 5.57. The third-order valence-corrected chi connectivity index (χ3v) is 3.69. The highest BCUT2D eigenvalue weighted by molar-refractivity contribution is 14.0. The lowest BCUT2D eigenvalue weighted by Gasteiger charge is -2.13. The SMILES string of the molecule is CCNC(=O)c1ccc(CNC(=NC)NCc2cc(F)ccc2F)cc1.I. The molecule has 3 N–H and O–H groups in total. The number of nitrogens with one attached hydrogen (secondary N) is 3. The highest BCUT2D eigenvalue weighted by Crippen LogP contribution is 2.09. The largest absolute Gasteiger partial charge is 0.352 e. The molecule has 0 saturated heterocycles. The van der Waals surface area contributed by atoms with Gasteiger partial charge in [-0.1, -0.05) is 12.1 Å². The number of halogens is 3. The van der Waals surface area contributed by atoms with Crippen LogP contribution in [0.15, 0.2) is 47.5 Å². The molecule has 0 aliphatic carbocycles. The van der Waals surface area contributed by atoms with E-state index in [1.54, 1.807) is 19.2 Å². The molecule has 2 aromatic rings. The van der Waals surface area contributed by atoms with E-state index in [1.807, 2.05) is 19.1 Å². The van der Waals surface area contributed by atoms with Crippen molar-refractivity contribution in [2.45, 2.75) is 20.0 Å². The number of nitrogens with zero attached hydrogens (tertiary/aromatic N) is 1. The van der Waals surface area contributed by atoms with E-state index in [2.05, 4.69) is 20.9 Å². The summed E-state index contributed by atoms with van der Waals surface area (Å²) in [6.07, 6.45) is 0. The van der Waals surface area contributed by atoms with E-state index >= 15 is 0 Å². The fraction of sp³-hybridized carbons (Fsp3) is 0.263. The van der Waals surface area contributed by atoms with Crippen LogP contribution in [-0.4, -0.2) is 25.5 Å². The van der Waals surface area contributed by atoms with Gasteiger partial charge in [0.05, 0.1) is 0 Å². The third-order valence-electron chi connectivity index (χ3n) is 3.69. The zero-order valence-electron chi connectivity index (χ0n) is 15.2. The molecule has 1 amide bonds. The number of guanidine groups is 1. The van der Waals surface area contributed by atoms with Gasteiger partial charge in [-0.25, -0.2) is 8.78 Å². The fourth-order valence-electron chi connectivity index (χ4n) is 2.30. The minimum atomic E-state index is -0.488. The first-order valence-corrected chi connectivity index (χ1v) is 8.29. The molecule has 0 spiro atoms. The predicted octanol–water partition coefficient (Wildman–Crippen LogP) is 3.20. The first-order chi connectivity index (χ1) is 12.5. The lowest BCUT2D eigenvalue weighted by molar-refractivity contribution is 0.0956. The van der Waals surface area contributed by atoms with Crippen molar-refractivity contribution >= 4 is 35.8 Å². The highest BCUT2D eigenvalue weighted by atomic mass is 127. The minimum absolute atomic E-state index is 0. The number of carbonyl (C=O) groups is 1. The van der Waals surface area contributed by atoms with Crippen LogP contribution in [0.2, 0.25) is 0 Å². The lowest BCUT2D eigenvalue weighted by Crippen LogP contribution is -2.36. The van der Waals surface area contributed by atoms with Crippen molar-refractivity contribution in [1.29, 1.82) is 0 Å². The van der Waals surface area contributed by atoms with Crippen molar-refractivity contribution in [1.82, 2.24) is 16.0 Å². The Balaban J connectivity index is 0.00000364. The van der Waals surface area contributed by atoms with Gasteiger partial charge in [0.1, 0.15) is 11.6 Å². The summed E-state index contributed by atoms with van der Waals surface area (Å²) in [5, 5.41) is 8.76. The summed E-state index contributed by atoms with van der Waals surface area (Å²) >= 11 is 0. The van der Waals surface area contributed by atoms with Crippen LogP contribution in [0.5, 0.6) is 0 Å². The average molecular weight is 488 g/mol. The Kier molecular flexibility index (Phi) is 9.70. The average Bonchev–Trinajstić information content (AvgIpc) is 2.65. The molecule has 0 heterocycles. The molecule has 2 rings (SSSR count). The number of hydrogen-bond acceptors (Lipinski definition) is 2. The summed E-state index contributed by atoms with van der Waals surface area (Å²) in [7, 11) is 1.59.